The smallest absolute Gasteiger partial charge is 0.343 e. The Morgan fingerprint density at radius 1 is 1.50 bits per heavy atom. The number of hydrogen-bond acceptors (Lipinski definition) is 2. The molecule has 0 radical (unpaired) electrons. The average Bonchev–Trinajstić information content (AvgIpc) is 2.16. The van der Waals surface area contributed by atoms with E-state index in [1.807, 2.05) is 0 Å². The molecule has 3 heteroatoms. The van der Waals surface area contributed by atoms with E-state index in [0.29, 0.717) is 12.8 Å². The van der Waals surface area contributed by atoms with E-state index in [1.54, 1.807) is 0 Å². The summed E-state index contributed by atoms with van der Waals surface area (Å²) in [5.74, 6) is 1.72. The second-order valence-corrected chi connectivity index (χ2v) is 3.45. The van der Waals surface area contributed by atoms with Crippen molar-refractivity contribution in [3.8, 4) is 12.3 Å². The van der Waals surface area contributed by atoms with E-state index in [0.717, 1.165) is 12.8 Å². The Labute approximate surface area is 84.8 Å². The zero-order valence-corrected chi connectivity index (χ0v) is 8.81. The van der Waals surface area contributed by atoms with E-state index in [9.17, 15) is 9.18 Å². The Hall–Kier alpha value is -1.04. The zero-order chi connectivity index (χ0) is 11.0. The molecule has 0 bridgehead atoms. The highest BCUT2D eigenvalue weighted by Gasteiger charge is 2.33. The van der Waals surface area contributed by atoms with Gasteiger partial charge in [0.2, 0.25) is 5.67 Å². The van der Waals surface area contributed by atoms with Gasteiger partial charge in [0.25, 0.3) is 0 Å². The summed E-state index contributed by atoms with van der Waals surface area (Å²) in [6.07, 6.45) is 8.36. The summed E-state index contributed by atoms with van der Waals surface area (Å²) in [5.41, 5.74) is -1.86. The molecule has 0 saturated heterocycles. The van der Waals surface area contributed by atoms with Crippen LogP contribution in [0.5, 0.6) is 0 Å². The molecule has 0 aromatic rings. The number of rotatable bonds is 6. The highest BCUT2D eigenvalue weighted by atomic mass is 19.1. The second kappa shape index (κ2) is 6.42. The maximum atomic E-state index is 13.5. The van der Waals surface area contributed by atoms with Gasteiger partial charge in [-0.05, 0) is 26.2 Å². The molecular weight excluding hydrogens is 183 g/mol. The molecule has 0 aliphatic heterocycles. The lowest BCUT2D eigenvalue weighted by molar-refractivity contribution is -0.154. The van der Waals surface area contributed by atoms with Crippen LogP contribution in [0.2, 0.25) is 0 Å². The molecule has 0 amide bonds. The van der Waals surface area contributed by atoms with Crippen molar-refractivity contribution in [2.45, 2.75) is 44.7 Å². The van der Waals surface area contributed by atoms with Crippen molar-refractivity contribution in [2.24, 2.45) is 0 Å². The van der Waals surface area contributed by atoms with Crippen LogP contribution in [0, 0.1) is 12.3 Å². The minimum atomic E-state index is -1.86. The molecule has 0 aromatic heterocycles. The molecular formula is C11H17FO2. The summed E-state index contributed by atoms with van der Waals surface area (Å²) < 4.78 is 17.8. The Bertz CT molecular complexity index is 216. The lowest BCUT2D eigenvalue weighted by atomic mass is 10.00. The number of ether oxygens (including phenoxy) is 1. The largest absolute Gasteiger partial charge is 0.467 e. The summed E-state index contributed by atoms with van der Waals surface area (Å²) >= 11 is 0. The highest BCUT2D eigenvalue weighted by molar-refractivity contribution is 5.78. The van der Waals surface area contributed by atoms with Gasteiger partial charge >= 0.3 is 5.97 Å². The van der Waals surface area contributed by atoms with Crippen molar-refractivity contribution in [1.29, 1.82) is 0 Å². The molecule has 1 atom stereocenters. The zero-order valence-electron chi connectivity index (χ0n) is 8.81. The fraction of sp³-hybridized carbons (Fsp3) is 0.727. The van der Waals surface area contributed by atoms with Crippen LogP contribution in [0.25, 0.3) is 0 Å². The van der Waals surface area contributed by atoms with Gasteiger partial charge in [-0.15, -0.1) is 12.3 Å². The first-order chi connectivity index (χ1) is 6.54. The third kappa shape index (κ3) is 4.86. The van der Waals surface area contributed by atoms with Crippen molar-refractivity contribution in [1.82, 2.24) is 0 Å². The molecule has 0 saturated carbocycles. The maximum Gasteiger partial charge on any atom is 0.343 e. The van der Waals surface area contributed by atoms with E-state index in [4.69, 9.17) is 6.42 Å². The molecule has 0 aliphatic carbocycles. The van der Waals surface area contributed by atoms with Crippen molar-refractivity contribution < 1.29 is 13.9 Å². The Balaban J connectivity index is 3.67. The number of carbonyl (C=O) groups is 1. The monoisotopic (exact) mass is 200 g/mol. The van der Waals surface area contributed by atoms with E-state index in [-0.39, 0.29) is 6.42 Å². The van der Waals surface area contributed by atoms with E-state index < -0.39 is 11.6 Å². The topological polar surface area (TPSA) is 26.3 Å². The van der Waals surface area contributed by atoms with Crippen LogP contribution >= 0.6 is 0 Å². The molecule has 0 fully saturated rings. The molecule has 1 unspecified atom stereocenters. The van der Waals surface area contributed by atoms with Crippen LogP contribution in [0.1, 0.15) is 39.0 Å². The average molecular weight is 200 g/mol. The second-order valence-electron chi connectivity index (χ2n) is 3.45. The maximum absolute atomic E-state index is 13.5. The van der Waals surface area contributed by atoms with Gasteiger partial charge in [-0.25, -0.2) is 9.18 Å². The summed E-state index contributed by atoms with van der Waals surface area (Å²) in [7, 11) is 1.19. The van der Waals surface area contributed by atoms with E-state index in [2.05, 4.69) is 10.7 Å². The summed E-state index contributed by atoms with van der Waals surface area (Å²) in [4.78, 5) is 10.9. The molecule has 0 heterocycles. The first-order valence-corrected chi connectivity index (χ1v) is 4.75. The first-order valence-electron chi connectivity index (χ1n) is 4.75. The summed E-state index contributed by atoms with van der Waals surface area (Å²) in [5, 5.41) is 0. The van der Waals surface area contributed by atoms with Crippen molar-refractivity contribution in [3.63, 3.8) is 0 Å². The van der Waals surface area contributed by atoms with Crippen LogP contribution < -0.4 is 0 Å². The van der Waals surface area contributed by atoms with Crippen molar-refractivity contribution in [2.75, 3.05) is 7.11 Å². The lowest BCUT2D eigenvalue weighted by Crippen LogP contribution is -2.31. The van der Waals surface area contributed by atoms with Gasteiger partial charge < -0.3 is 4.74 Å². The third-order valence-corrected chi connectivity index (χ3v) is 2.08. The number of methoxy groups -OCH3 is 1. The van der Waals surface area contributed by atoms with Gasteiger partial charge in [0.05, 0.1) is 7.11 Å². The van der Waals surface area contributed by atoms with Gasteiger partial charge in [0.15, 0.2) is 0 Å². The number of carbonyl (C=O) groups excluding carboxylic acids is 1. The molecule has 0 rings (SSSR count). The number of esters is 1. The molecule has 0 spiro atoms. The van der Waals surface area contributed by atoms with E-state index in [1.165, 1.54) is 14.0 Å². The number of terminal acetylenes is 1. The SMILES string of the molecule is C#CCCCCCC(C)(F)C(=O)OC. The number of halogens is 1. The van der Waals surface area contributed by atoms with Gasteiger partial charge in [0.1, 0.15) is 0 Å². The van der Waals surface area contributed by atoms with Gasteiger partial charge in [-0.1, -0.05) is 6.42 Å². The molecule has 2 nitrogen and oxygen atoms in total. The Morgan fingerprint density at radius 2 is 2.14 bits per heavy atom. The molecule has 0 N–H and O–H groups in total. The fourth-order valence-electron chi connectivity index (χ4n) is 1.18. The third-order valence-electron chi connectivity index (χ3n) is 2.08. The normalized spacial score (nSPS) is 14.1. The van der Waals surface area contributed by atoms with Crippen LogP contribution in [0.15, 0.2) is 0 Å². The lowest BCUT2D eigenvalue weighted by Gasteiger charge is -2.16. The van der Waals surface area contributed by atoms with Crippen LogP contribution in [0.3, 0.4) is 0 Å². The predicted octanol–water partition coefficient (Wildman–Crippen LogP) is 2.47. The minimum Gasteiger partial charge on any atom is -0.467 e. The van der Waals surface area contributed by atoms with Crippen LogP contribution in [0.4, 0.5) is 4.39 Å². The quantitative estimate of drug-likeness (QED) is 0.374. The number of hydrogen-bond donors (Lipinski definition) is 0. The van der Waals surface area contributed by atoms with E-state index >= 15 is 0 Å². The van der Waals surface area contributed by atoms with Gasteiger partial charge in [-0.2, -0.15) is 0 Å². The standard InChI is InChI=1S/C11H17FO2/c1-4-5-6-7-8-9-11(2,12)10(13)14-3/h1H,5-9H2,2-3H3. The van der Waals surface area contributed by atoms with Crippen molar-refractivity contribution >= 4 is 5.97 Å². The Kier molecular flexibility index (Phi) is 5.94. The summed E-state index contributed by atoms with van der Waals surface area (Å²) in [6.45, 7) is 1.25. The summed E-state index contributed by atoms with van der Waals surface area (Å²) in [6, 6.07) is 0. The molecule has 0 aliphatic rings. The van der Waals surface area contributed by atoms with Crippen LogP contribution in [-0.2, 0) is 9.53 Å². The van der Waals surface area contributed by atoms with Crippen molar-refractivity contribution in [3.05, 3.63) is 0 Å². The number of unbranched alkanes of at least 4 members (excludes halogenated alkanes) is 3. The fourth-order valence-corrected chi connectivity index (χ4v) is 1.18. The first kappa shape index (κ1) is 13.0. The number of alkyl halides is 1. The molecule has 80 valence electrons. The van der Waals surface area contributed by atoms with Crippen LogP contribution in [-0.4, -0.2) is 18.7 Å². The van der Waals surface area contributed by atoms with Gasteiger partial charge in [-0.3, -0.25) is 0 Å². The van der Waals surface area contributed by atoms with Gasteiger partial charge in [0, 0.05) is 6.42 Å². The predicted molar refractivity (Wildman–Crippen MR) is 53.4 cm³/mol. The molecule has 0 aromatic carbocycles. The Morgan fingerprint density at radius 3 is 2.64 bits per heavy atom. The molecule has 14 heavy (non-hydrogen) atoms. The highest BCUT2D eigenvalue weighted by Crippen LogP contribution is 2.20. The minimum absolute atomic E-state index is 0.199.